The van der Waals surface area contributed by atoms with Crippen LogP contribution in [-0.4, -0.2) is 24.5 Å². The second-order valence-electron chi connectivity index (χ2n) is 5.93. The van der Waals surface area contributed by atoms with Gasteiger partial charge in [0.1, 0.15) is 5.75 Å². The van der Waals surface area contributed by atoms with E-state index in [0.717, 1.165) is 18.5 Å². The van der Waals surface area contributed by atoms with E-state index < -0.39 is 6.10 Å². The molecule has 0 spiro atoms. The second-order valence-corrected chi connectivity index (χ2v) is 5.93. The molecule has 1 heterocycles. The van der Waals surface area contributed by atoms with Crippen LogP contribution in [0.1, 0.15) is 40.5 Å². The maximum Gasteiger partial charge on any atom is 0.267 e. The van der Waals surface area contributed by atoms with Gasteiger partial charge in [-0.05, 0) is 31.5 Å². The maximum atomic E-state index is 12.3. The van der Waals surface area contributed by atoms with E-state index in [1.165, 1.54) is 0 Å². The molecular formula is C17H24N2O3. The highest BCUT2D eigenvalue weighted by Crippen LogP contribution is 2.36. The number of rotatable bonds is 5. The predicted octanol–water partition coefficient (Wildman–Crippen LogP) is 3.20. The molecule has 0 radical (unpaired) electrons. The fourth-order valence-electron chi connectivity index (χ4n) is 2.32. The van der Waals surface area contributed by atoms with Crippen LogP contribution in [0.3, 0.4) is 0 Å². The molecule has 1 atom stereocenters. The minimum absolute atomic E-state index is 0.0340. The molecule has 1 aromatic rings. The number of nitrogens with zero attached hydrogens (tertiary/aromatic N) is 1. The third-order valence-corrected chi connectivity index (χ3v) is 3.69. The molecule has 120 valence electrons. The average molecular weight is 304 g/mol. The Morgan fingerprint density at radius 1 is 1.41 bits per heavy atom. The van der Waals surface area contributed by atoms with Gasteiger partial charge in [0.2, 0.25) is 5.91 Å². The van der Waals surface area contributed by atoms with Crippen molar-refractivity contribution >= 4 is 23.2 Å². The Bertz CT molecular complexity index is 569. The molecule has 22 heavy (non-hydrogen) atoms. The first-order valence-corrected chi connectivity index (χ1v) is 7.87. The van der Waals surface area contributed by atoms with E-state index in [1.807, 2.05) is 26.0 Å². The summed E-state index contributed by atoms with van der Waals surface area (Å²) in [5.41, 5.74) is 1.42. The van der Waals surface area contributed by atoms with E-state index in [1.54, 1.807) is 17.9 Å². The summed E-state index contributed by atoms with van der Waals surface area (Å²) in [7, 11) is 0. The van der Waals surface area contributed by atoms with Gasteiger partial charge in [0.25, 0.3) is 5.91 Å². The highest BCUT2D eigenvalue weighted by atomic mass is 16.5. The normalized spacial score (nSPS) is 17.2. The Hall–Kier alpha value is -2.04. The zero-order valence-electron chi connectivity index (χ0n) is 13.7. The Labute approximate surface area is 131 Å². The number of amides is 2. The number of nitrogens with one attached hydrogen (secondary N) is 1. The minimum atomic E-state index is -0.472. The van der Waals surface area contributed by atoms with Gasteiger partial charge < -0.3 is 15.0 Å². The molecule has 0 bridgehead atoms. The van der Waals surface area contributed by atoms with Crippen molar-refractivity contribution in [2.45, 2.75) is 46.6 Å². The standard InChI is InChI=1S/C17H24N2O3/c1-5-6-9-19-14-10-13(18-16(20)11(2)3)7-8-15(14)22-12(4)17(19)21/h7-8,10-12H,5-6,9H2,1-4H3,(H,18,20). The number of anilines is 2. The highest BCUT2D eigenvalue weighted by molar-refractivity contribution is 6.01. The summed E-state index contributed by atoms with van der Waals surface area (Å²) >= 11 is 0. The van der Waals surface area contributed by atoms with Crippen LogP contribution in [0.5, 0.6) is 5.75 Å². The maximum absolute atomic E-state index is 12.3. The van der Waals surface area contributed by atoms with Crippen molar-refractivity contribution in [2.75, 3.05) is 16.8 Å². The predicted molar refractivity (Wildman–Crippen MR) is 87.3 cm³/mol. The fraction of sp³-hybridized carbons (Fsp3) is 0.529. The van der Waals surface area contributed by atoms with Gasteiger partial charge in [-0.3, -0.25) is 9.59 Å². The smallest absolute Gasteiger partial charge is 0.267 e. The number of hydrogen-bond acceptors (Lipinski definition) is 3. The number of unbranched alkanes of at least 4 members (excludes halogenated alkanes) is 1. The van der Waals surface area contributed by atoms with E-state index in [-0.39, 0.29) is 17.7 Å². The van der Waals surface area contributed by atoms with Crippen LogP contribution >= 0.6 is 0 Å². The van der Waals surface area contributed by atoms with Gasteiger partial charge in [-0.15, -0.1) is 0 Å². The Morgan fingerprint density at radius 3 is 2.77 bits per heavy atom. The Morgan fingerprint density at radius 2 is 2.14 bits per heavy atom. The topological polar surface area (TPSA) is 58.6 Å². The van der Waals surface area contributed by atoms with Crippen LogP contribution in [0, 0.1) is 5.92 Å². The molecule has 1 N–H and O–H groups in total. The molecule has 0 fully saturated rings. The molecule has 5 nitrogen and oxygen atoms in total. The van der Waals surface area contributed by atoms with E-state index in [4.69, 9.17) is 4.74 Å². The molecule has 0 saturated heterocycles. The summed E-state index contributed by atoms with van der Waals surface area (Å²) in [5, 5.41) is 2.86. The van der Waals surface area contributed by atoms with Gasteiger partial charge in [-0.25, -0.2) is 0 Å². The lowest BCUT2D eigenvalue weighted by Gasteiger charge is -2.33. The van der Waals surface area contributed by atoms with Gasteiger partial charge in [0.05, 0.1) is 5.69 Å². The molecule has 1 aromatic carbocycles. The third-order valence-electron chi connectivity index (χ3n) is 3.69. The quantitative estimate of drug-likeness (QED) is 0.909. The van der Waals surface area contributed by atoms with E-state index in [2.05, 4.69) is 12.2 Å². The lowest BCUT2D eigenvalue weighted by molar-refractivity contribution is -0.125. The number of ether oxygens (including phenoxy) is 1. The lowest BCUT2D eigenvalue weighted by atomic mass is 10.1. The summed E-state index contributed by atoms with van der Waals surface area (Å²) in [6.45, 7) is 8.20. The molecule has 0 aliphatic carbocycles. The van der Waals surface area contributed by atoms with Crippen molar-refractivity contribution in [1.82, 2.24) is 0 Å². The first kappa shape index (κ1) is 16.3. The van der Waals surface area contributed by atoms with Gasteiger partial charge in [-0.1, -0.05) is 27.2 Å². The Kier molecular flexibility index (Phi) is 5.06. The summed E-state index contributed by atoms with van der Waals surface area (Å²) in [4.78, 5) is 25.9. The van der Waals surface area contributed by atoms with Gasteiger partial charge in [0.15, 0.2) is 6.10 Å². The van der Waals surface area contributed by atoms with Crippen molar-refractivity contribution in [3.05, 3.63) is 18.2 Å². The highest BCUT2D eigenvalue weighted by Gasteiger charge is 2.31. The largest absolute Gasteiger partial charge is 0.479 e. The number of benzene rings is 1. The summed E-state index contributed by atoms with van der Waals surface area (Å²) in [6.07, 6.45) is 1.47. The van der Waals surface area contributed by atoms with E-state index in [9.17, 15) is 9.59 Å². The first-order valence-electron chi connectivity index (χ1n) is 7.87. The molecular weight excluding hydrogens is 280 g/mol. The van der Waals surface area contributed by atoms with Crippen LogP contribution in [0.15, 0.2) is 18.2 Å². The zero-order chi connectivity index (χ0) is 16.3. The van der Waals surface area contributed by atoms with Crippen LogP contribution < -0.4 is 15.0 Å². The fourth-order valence-corrected chi connectivity index (χ4v) is 2.32. The molecule has 0 aromatic heterocycles. The molecule has 2 amide bonds. The third kappa shape index (κ3) is 3.40. The van der Waals surface area contributed by atoms with Crippen LogP contribution in [-0.2, 0) is 9.59 Å². The number of carbonyl (C=O) groups excluding carboxylic acids is 2. The SMILES string of the molecule is CCCCN1C(=O)C(C)Oc2ccc(NC(=O)C(C)C)cc21. The van der Waals surface area contributed by atoms with Crippen molar-refractivity contribution in [3.63, 3.8) is 0 Å². The summed E-state index contributed by atoms with van der Waals surface area (Å²) in [6, 6.07) is 5.43. The summed E-state index contributed by atoms with van der Waals surface area (Å²) < 4.78 is 5.66. The number of fused-ring (bicyclic) bond motifs is 1. The molecule has 1 aliphatic heterocycles. The van der Waals surface area contributed by atoms with Crippen LogP contribution in [0.25, 0.3) is 0 Å². The molecule has 1 aliphatic rings. The minimum Gasteiger partial charge on any atom is -0.479 e. The van der Waals surface area contributed by atoms with Crippen LogP contribution in [0.2, 0.25) is 0 Å². The monoisotopic (exact) mass is 304 g/mol. The zero-order valence-corrected chi connectivity index (χ0v) is 13.7. The molecule has 1 unspecified atom stereocenters. The van der Waals surface area contributed by atoms with Crippen molar-refractivity contribution in [1.29, 1.82) is 0 Å². The number of carbonyl (C=O) groups is 2. The summed E-state index contributed by atoms with van der Waals surface area (Å²) in [5.74, 6) is 0.514. The Balaban J connectivity index is 2.30. The van der Waals surface area contributed by atoms with Gasteiger partial charge in [0, 0.05) is 18.2 Å². The van der Waals surface area contributed by atoms with Crippen molar-refractivity contribution in [2.24, 2.45) is 5.92 Å². The molecule has 5 heteroatoms. The average Bonchev–Trinajstić information content (AvgIpc) is 2.48. The van der Waals surface area contributed by atoms with E-state index >= 15 is 0 Å². The second kappa shape index (κ2) is 6.81. The van der Waals surface area contributed by atoms with Gasteiger partial charge in [-0.2, -0.15) is 0 Å². The van der Waals surface area contributed by atoms with Crippen LogP contribution in [0.4, 0.5) is 11.4 Å². The van der Waals surface area contributed by atoms with Crippen molar-refractivity contribution in [3.8, 4) is 5.75 Å². The first-order chi connectivity index (χ1) is 10.4. The molecule has 0 saturated carbocycles. The van der Waals surface area contributed by atoms with Gasteiger partial charge >= 0.3 is 0 Å². The lowest BCUT2D eigenvalue weighted by Crippen LogP contribution is -2.44. The van der Waals surface area contributed by atoms with Crippen molar-refractivity contribution < 1.29 is 14.3 Å². The number of hydrogen-bond donors (Lipinski definition) is 1. The van der Waals surface area contributed by atoms with E-state index in [0.29, 0.717) is 18.0 Å². The molecule has 2 rings (SSSR count).